The number of aryl methyl sites for hydroxylation is 1. The highest BCUT2D eigenvalue weighted by atomic mass is 32.1. The van der Waals surface area contributed by atoms with Crippen LogP contribution in [0.15, 0.2) is 29.3 Å². The topological polar surface area (TPSA) is 96.7 Å². The van der Waals surface area contributed by atoms with Gasteiger partial charge in [0, 0.05) is 0 Å². The Bertz CT molecular complexity index is 1150. The van der Waals surface area contributed by atoms with Crippen LogP contribution in [0.25, 0.3) is 10.2 Å². The van der Waals surface area contributed by atoms with Crippen LogP contribution < -0.4 is 15.0 Å². The summed E-state index contributed by atoms with van der Waals surface area (Å²) in [6.07, 6.45) is 1.31. The first-order chi connectivity index (χ1) is 13.9. The highest BCUT2D eigenvalue weighted by Gasteiger charge is 2.21. The van der Waals surface area contributed by atoms with E-state index in [9.17, 15) is 14.4 Å². The van der Waals surface area contributed by atoms with Gasteiger partial charge in [0.05, 0.1) is 44.6 Å². The van der Waals surface area contributed by atoms with E-state index < -0.39 is 11.5 Å². The van der Waals surface area contributed by atoms with Crippen LogP contribution in [0.5, 0.6) is 11.5 Å². The molecule has 0 atom stereocenters. The smallest absolute Gasteiger partial charge is 0.348 e. The second-order valence-electron chi connectivity index (χ2n) is 6.12. The molecule has 0 aliphatic heterocycles. The number of benzene rings is 1. The maximum atomic E-state index is 13.0. The van der Waals surface area contributed by atoms with Crippen LogP contribution in [0.3, 0.4) is 0 Å². The van der Waals surface area contributed by atoms with Crippen LogP contribution in [-0.4, -0.2) is 42.1 Å². The van der Waals surface area contributed by atoms with Crippen LogP contribution >= 0.6 is 11.3 Å². The van der Waals surface area contributed by atoms with Gasteiger partial charge in [-0.15, -0.1) is 11.3 Å². The van der Waals surface area contributed by atoms with Crippen molar-refractivity contribution in [2.45, 2.75) is 20.4 Å². The number of ketones is 1. The van der Waals surface area contributed by atoms with Crippen molar-refractivity contribution in [1.29, 1.82) is 0 Å². The molecular weight excluding hydrogens is 396 g/mol. The van der Waals surface area contributed by atoms with Gasteiger partial charge in [0.1, 0.15) is 21.2 Å². The summed E-state index contributed by atoms with van der Waals surface area (Å²) in [6, 6.07) is 4.87. The Morgan fingerprint density at radius 3 is 2.62 bits per heavy atom. The second-order valence-corrected chi connectivity index (χ2v) is 7.12. The zero-order valence-electron chi connectivity index (χ0n) is 16.5. The molecule has 0 amide bonds. The van der Waals surface area contributed by atoms with Gasteiger partial charge in [0.15, 0.2) is 5.78 Å². The molecule has 9 heteroatoms. The molecule has 0 aliphatic carbocycles. The number of carbonyl (C=O) groups is 2. The molecule has 0 bridgehead atoms. The van der Waals surface area contributed by atoms with Gasteiger partial charge in [0.2, 0.25) is 0 Å². The molecule has 3 aromatic rings. The Morgan fingerprint density at radius 1 is 1.21 bits per heavy atom. The number of carbonyl (C=O) groups excluding carboxylic acids is 2. The van der Waals surface area contributed by atoms with Crippen molar-refractivity contribution >= 4 is 33.3 Å². The Labute approximate surface area is 170 Å². The molecule has 0 saturated carbocycles. The van der Waals surface area contributed by atoms with Gasteiger partial charge in [-0.25, -0.2) is 9.78 Å². The van der Waals surface area contributed by atoms with Gasteiger partial charge in [-0.3, -0.25) is 14.2 Å². The summed E-state index contributed by atoms with van der Waals surface area (Å²) in [4.78, 5) is 42.9. The molecule has 8 nitrogen and oxygen atoms in total. The highest BCUT2D eigenvalue weighted by molar-refractivity contribution is 7.20. The Kier molecular flexibility index (Phi) is 5.97. The summed E-state index contributed by atoms with van der Waals surface area (Å²) in [7, 11) is 2.96. The largest absolute Gasteiger partial charge is 0.497 e. The average molecular weight is 416 g/mol. The number of fused-ring (bicyclic) bond motifs is 1. The minimum absolute atomic E-state index is 0.227. The van der Waals surface area contributed by atoms with Crippen molar-refractivity contribution < 1.29 is 23.8 Å². The summed E-state index contributed by atoms with van der Waals surface area (Å²) in [5.41, 5.74) is 0.407. The van der Waals surface area contributed by atoms with E-state index in [-0.39, 0.29) is 18.9 Å². The Morgan fingerprint density at radius 2 is 1.97 bits per heavy atom. The minimum Gasteiger partial charge on any atom is -0.497 e. The monoisotopic (exact) mass is 416 g/mol. The predicted molar refractivity (Wildman–Crippen MR) is 108 cm³/mol. The average Bonchev–Trinajstić information content (AvgIpc) is 3.07. The molecular formula is C20H20N2O6S. The Hall–Kier alpha value is -3.20. The second kappa shape index (κ2) is 8.44. The molecule has 0 aliphatic rings. The van der Waals surface area contributed by atoms with Gasteiger partial charge in [-0.05, 0) is 37.6 Å². The summed E-state index contributed by atoms with van der Waals surface area (Å²) < 4.78 is 16.7. The van der Waals surface area contributed by atoms with E-state index in [0.717, 1.165) is 11.3 Å². The first kappa shape index (κ1) is 20.5. The lowest BCUT2D eigenvalue weighted by Crippen LogP contribution is -2.25. The standard InChI is InChI=1S/C20H20N2O6S/c1-5-28-20(25)17-11(2)16-18(29-17)21-10-22(19(16)24)9-14(23)13-8-12(26-3)6-7-15(13)27-4/h6-8,10H,5,9H2,1-4H3. The fourth-order valence-corrected chi connectivity index (χ4v) is 3.97. The zero-order chi connectivity index (χ0) is 21.1. The van der Waals surface area contributed by atoms with E-state index in [1.54, 1.807) is 32.0 Å². The van der Waals surface area contributed by atoms with Crippen molar-refractivity contribution in [2.24, 2.45) is 0 Å². The number of Topliss-reactive ketones (excluding diaryl/α,β-unsaturated/α-hetero) is 1. The lowest BCUT2D eigenvalue weighted by atomic mass is 10.1. The maximum Gasteiger partial charge on any atom is 0.348 e. The highest BCUT2D eigenvalue weighted by Crippen LogP contribution is 2.28. The van der Waals surface area contributed by atoms with Crippen LogP contribution in [0.4, 0.5) is 0 Å². The van der Waals surface area contributed by atoms with Crippen LogP contribution in [0.2, 0.25) is 0 Å². The molecule has 0 spiro atoms. The number of rotatable bonds is 7. The van der Waals surface area contributed by atoms with Crippen molar-refractivity contribution in [2.75, 3.05) is 20.8 Å². The molecule has 29 heavy (non-hydrogen) atoms. The van der Waals surface area contributed by atoms with Crippen LogP contribution in [0.1, 0.15) is 32.5 Å². The van der Waals surface area contributed by atoms with E-state index in [4.69, 9.17) is 14.2 Å². The molecule has 0 radical (unpaired) electrons. The van der Waals surface area contributed by atoms with Crippen molar-refractivity contribution in [1.82, 2.24) is 9.55 Å². The molecule has 0 N–H and O–H groups in total. The maximum absolute atomic E-state index is 13.0. The summed E-state index contributed by atoms with van der Waals surface area (Å²) in [6.45, 7) is 3.39. The number of nitrogens with zero attached hydrogens (tertiary/aromatic N) is 2. The molecule has 0 unspecified atom stereocenters. The predicted octanol–water partition coefficient (Wildman–Crippen LogP) is 2.84. The fraction of sp³-hybridized carbons (Fsp3) is 0.300. The zero-order valence-corrected chi connectivity index (χ0v) is 17.3. The number of esters is 1. The third-order valence-electron chi connectivity index (χ3n) is 4.40. The summed E-state index contributed by atoms with van der Waals surface area (Å²) >= 11 is 1.10. The molecule has 3 rings (SSSR count). The van der Waals surface area contributed by atoms with E-state index >= 15 is 0 Å². The SMILES string of the molecule is CCOC(=O)c1sc2ncn(CC(=O)c3cc(OC)ccc3OC)c(=O)c2c1C. The number of hydrogen-bond acceptors (Lipinski definition) is 8. The van der Waals surface area contributed by atoms with Gasteiger partial charge in [-0.1, -0.05) is 0 Å². The number of thiophene rings is 1. The fourth-order valence-electron chi connectivity index (χ4n) is 2.94. The third kappa shape index (κ3) is 3.86. The Balaban J connectivity index is 2.00. The third-order valence-corrected chi connectivity index (χ3v) is 5.58. The van der Waals surface area contributed by atoms with Crippen molar-refractivity contribution in [3.05, 3.63) is 50.9 Å². The van der Waals surface area contributed by atoms with Gasteiger partial charge >= 0.3 is 5.97 Å². The quantitative estimate of drug-likeness (QED) is 0.432. The minimum atomic E-state index is -0.490. The molecule has 0 saturated heterocycles. The molecule has 1 aromatic carbocycles. The first-order valence-electron chi connectivity index (χ1n) is 8.82. The van der Waals surface area contributed by atoms with E-state index in [2.05, 4.69) is 4.98 Å². The normalized spacial score (nSPS) is 10.8. The molecule has 2 aromatic heterocycles. The molecule has 152 valence electrons. The lowest BCUT2D eigenvalue weighted by Gasteiger charge is -2.10. The van der Waals surface area contributed by atoms with E-state index in [1.807, 2.05) is 0 Å². The molecule has 0 fully saturated rings. The summed E-state index contributed by atoms with van der Waals surface area (Å²) in [5, 5.41) is 0.311. The van der Waals surface area contributed by atoms with Crippen LogP contribution in [-0.2, 0) is 11.3 Å². The molecule has 2 heterocycles. The lowest BCUT2D eigenvalue weighted by molar-refractivity contribution is 0.0531. The number of aromatic nitrogens is 2. The number of methoxy groups -OCH3 is 2. The first-order valence-corrected chi connectivity index (χ1v) is 9.63. The van der Waals surface area contributed by atoms with E-state index in [0.29, 0.717) is 37.7 Å². The van der Waals surface area contributed by atoms with Gasteiger partial charge < -0.3 is 14.2 Å². The number of hydrogen-bond donors (Lipinski definition) is 0. The van der Waals surface area contributed by atoms with Crippen molar-refractivity contribution in [3.63, 3.8) is 0 Å². The van der Waals surface area contributed by atoms with Crippen molar-refractivity contribution in [3.8, 4) is 11.5 Å². The number of ether oxygens (including phenoxy) is 3. The van der Waals surface area contributed by atoms with Gasteiger partial charge in [0.25, 0.3) is 5.56 Å². The van der Waals surface area contributed by atoms with Crippen LogP contribution in [0, 0.1) is 6.92 Å². The summed E-state index contributed by atoms with van der Waals surface area (Å²) in [5.74, 6) is 0.0654. The van der Waals surface area contributed by atoms with Gasteiger partial charge in [-0.2, -0.15) is 0 Å². The van der Waals surface area contributed by atoms with E-state index in [1.165, 1.54) is 25.1 Å².